The van der Waals surface area contributed by atoms with E-state index < -0.39 is 0 Å². The van der Waals surface area contributed by atoms with Crippen LogP contribution in [-0.4, -0.2) is 38.3 Å². The summed E-state index contributed by atoms with van der Waals surface area (Å²) in [6.07, 6.45) is 0. The molecule has 1 rings (SSSR count). The average Bonchev–Trinajstić information content (AvgIpc) is 2.58. The van der Waals surface area contributed by atoms with E-state index in [2.05, 4.69) is 16.2 Å². The van der Waals surface area contributed by atoms with Gasteiger partial charge in [0.25, 0.3) is 0 Å². The molecule has 6 heteroatoms. The monoisotopic (exact) mass is 231 g/mol. The standard InChI is InChI=1S/C9H17N3O2S/c1-6(5-13-3)12(2)9-7(14-4)8(10)11-15-9/h6H,5H2,1-4H3,(H2,10,11). The second-order valence-corrected chi connectivity index (χ2v) is 4.07. The van der Waals surface area contributed by atoms with Gasteiger partial charge in [-0.15, -0.1) is 0 Å². The Balaban J connectivity index is 2.85. The molecule has 0 aromatic carbocycles. The maximum absolute atomic E-state index is 5.68. The van der Waals surface area contributed by atoms with E-state index in [-0.39, 0.29) is 6.04 Å². The van der Waals surface area contributed by atoms with Crippen LogP contribution in [0.4, 0.5) is 10.8 Å². The summed E-state index contributed by atoms with van der Waals surface area (Å²) in [6, 6.07) is 0.253. The second kappa shape index (κ2) is 5.18. The van der Waals surface area contributed by atoms with Crippen molar-refractivity contribution in [2.45, 2.75) is 13.0 Å². The smallest absolute Gasteiger partial charge is 0.197 e. The Morgan fingerprint density at radius 2 is 2.20 bits per heavy atom. The molecule has 2 N–H and O–H groups in total. The zero-order valence-corrected chi connectivity index (χ0v) is 10.3. The molecule has 0 aliphatic carbocycles. The Labute approximate surface area is 93.9 Å². The SMILES string of the molecule is COCC(C)N(C)c1snc(N)c1OC. The van der Waals surface area contributed by atoms with E-state index in [4.69, 9.17) is 15.2 Å². The van der Waals surface area contributed by atoms with Crippen LogP contribution in [0.25, 0.3) is 0 Å². The van der Waals surface area contributed by atoms with E-state index in [9.17, 15) is 0 Å². The topological polar surface area (TPSA) is 60.6 Å². The van der Waals surface area contributed by atoms with Crippen molar-refractivity contribution < 1.29 is 9.47 Å². The maximum atomic E-state index is 5.68. The van der Waals surface area contributed by atoms with Gasteiger partial charge in [0.05, 0.1) is 19.8 Å². The number of methoxy groups -OCH3 is 2. The van der Waals surface area contributed by atoms with Gasteiger partial charge in [0, 0.05) is 14.2 Å². The summed E-state index contributed by atoms with van der Waals surface area (Å²) in [5.74, 6) is 1.08. The molecule has 86 valence electrons. The third-order valence-corrected chi connectivity index (χ3v) is 3.19. The highest BCUT2D eigenvalue weighted by Crippen LogP contribution is 2.37. The molecular formula is C9H17N3O2S. The van der Waals surface area contributed by atoms with E-state index in [1.54, 1.807) is 14.2 Å². The maximum Gasteiger partial charge on any atom is 0.197 e. The summed E-state index contributed by atoms with van der Waals surface area (Å²) in [5, 5.41) is 0.930. The van der Waals surface area contributed by atoms with Crippen molar-refractivity contribution in [2.24, 2.45) is 0 Å². The van der Waals surface area contributed by atoms with Crippen LogP contribution in [0.15, 0.2) is 0 Å². The molecule has 1 unspecified atom stereocenters. The first-order chi connectivity index (χ1) is 7.11. The van der Waals surface area contributed by atoms with Crippen molar-refractivity contribution in [3.8, 4) is 5.75 Å². The number of anilines is 2. The molecule has 1 atom stereocenters. The number of nitrogen functional groups attached to an aromatic ring is 1. The zero-order chi connectivity index (χ0) is 11.4. The van der Waals surface area contributed by atoms with Crippen LogP contribution < -0.4 is 15.4 Å². The number of hydrogen-bond acceptors (Lipinski definition) is 6. The number of likely N-dealkylation sites (N-methyl/N-ethyl adjacent to an activating group) is 1. The predicted octanol–water partition coefficient (Wildman–Crippen LogP) is 1.21. The Morgan fingerprint density at radius 3 is 2.73 bits per heavy atom. The van der Waals surface area contributed by atoms with Gasteiger partial charge in [-0.2, -0.15) is 4.37 Å². The van der Waals surface area contributed by atoms with Gasteiger partial charge in [-0.05, 0) is 18.5 Å². The first-order valence-corrected chi connectivity index (χ1v) is 5.40. The van der Waals surface area contributed by atoms with Crippen LogP contribution in [0.5, 0.6) is 5.75 Å². The van der Waals surface area contributed by atoms with Crippen molar-refractivity contribution in [3.05, 3.63) is 0 Å². The van der Waals surface area contributed by atoms with E-state index in [1.807, 2.05) is 7.05 Å². The fourth-order valence-corrected chi connectivity index (χ4v) is 2.10. The van der Waals surface area contributed by atoms with E-state index in [0.29, 0.717) is 18.2 Å². The highest BCUT2D eigenvalue weighted by atomic mass is 32.1. The van der Waals surface area contributed by atoms with Crippen molar-refractivity contribution in [2.75, 3.05) is 38.5 Å². The van der Waals surface area contributed by atoms with Crippen LogP contribution in [0.1, 0.15) is 6.92 Å². The summed E-state index contributed by atoms with van der Waals surface area (Å²) >= 11 is 1.33. The van der Waals surface area contributed by atoms with Crippen molar-refractivity contribution in [1.29, 1.82) is 0 Å². The van der Waals surface area contributed by atoms with Crippen LogP contribution in [-0.2, 0) is 4.74 Å². The first-order valence-electron chi connectivity index (χ1n) is 4.62. The van der Waals surface area contributed by atoms with Crippen molar-refractivity contribution in [3.63, 3.8) is 0 Å². The van der Waals surface area contributed by atoms with Crippen LogP contribution in [0, 0.1) is 0 Å². The highest BCUT2D eigenvalue weighted by Gasteiger charge is 2.19. The molecule has 0 aliphatic rings. The molecule has 0 fully saturated rings. The normalized spacial score (nSPS) is 12.5. The van der Waals surface area contributed by atoms with Crippen LogP contribution in [0.2, 0.25) is 0 Å². The van der Waals surface area contributed by atoms with Gasteiger partial charge in [-0.1, -0.05) is 0 Å². The summed E-state index contributed by atoms with van der Waals surface area (Å²) in [6.45, 7) is 2.72. The third kappa shape index (κ3) is 2.51. The first kappa shape index (κ1) is 12.1. The minimum absolute atomic E-state index is 0.253. The summed E-state index contributed by atoms with van der Waals surface area (Å²) in [5.41, 5.74) is 5.68. The Hall–Kier alpha value is -1.01. The van der Waals surface area contributed by atoms with Gasteiger partial charge >= 0.3 is 0 Å². The lowest BCUT2D eigenvalue weighted by molar-refractivity contribution is 0.183. The quantitative estimate of drug-likeness (QED) is 0.825. The van der Waals surface area contributed by atoms with Crippen molar-refractivity contribution >= 4 is 22.4 Å². The highest BCUT2D eigenvalue weighted by molar-refractivity contribution is 7.11. The summed E-state index contributed by atoms with van der Waals surface area (Å²) in [4.78, 5) is 2.05. The average molecular weight is 231 g/mol. The second-order valence-electron chi connectivity index (χ2n) is 3.32. The Morgan fingerprint density at radius 1 is 1.53 bits per heavy atom. The minimum Gasteiger partial charge on any atom is -0.490 e. The van der Waals surface area contributed by atoms with Gasteiger partial charge in [0.1, 0.15) is 0 Å². The number of nitrogens with zero attached hydrogens (tertiary/aromatic N) is 2. The minimum atomic E-state index is 0.253. The van der Waals surface area contributed by atoms with Gasteiger partial charge < -0.3 is 20.1 Å². The van der Waals surface area contributed by atoms with Crippen LogP contribution >= 0.6 is 11.5 Å². The molecule has 0 radical (unpaired) electrons. The van der Waals surface area contributed by atoms with Gasteiger partial charge in [-0.25, -0.2) is 0 Å². The van der Waals surface area contributed by atoms with Gasteiger partial charge in [0.15, 0.2) is 16.6 Å². The van der Waals surface area contributed by atoms with E-state index in [1.165, 1.54) is 11.5 Å². The number of hydrogen-bond donors (Lipinski definition) is 1. The van der Waals surface area contributed by atoms with Crippen molar-refractivity contribution in [1.82, 2.24) is 4.37 Å². The third-order valence-electron chi connectivity index (χ3n) is 2.25. The molecule has 0 saturated heterocycles. The zero-order valence-electron chi connectivity index (χ0n) is 9.48. The lowest BCUT2D eigenvalue weighted by Gasteiger charge is -2.24. The summed E-state index contributed by atoms with van der Waals surface area (Å²) in [7, 11) is 5.25. The molecule has 0 aliphatic heterocycles. The molecule has 0 spiro atoms. The van der Waals surface area contributed by atoms with Gasteiger partial charge in [0.2, 0.25) is 0 Å². The molecule has 0 amide bonds. The Kier molecular flexibility index (Phi) is 4.16. The molecule has 15 heavy (non-hydrogen) atoms. The lowest BCUT2D eigenvalue weighted by Crippen LogP contribution is -2.32. The molecule has 0 bridgehead atoms. The number of ether oxygens (including phenoxy) is 2. The fraction of sp³-hybridized carbons (Fsp3) is 0.667. The molecule has 1 aromatic rings. The number of rotatable bonds is 5. The molecular weight excluding hydrogens is 214 g/mol. The molecule has 1 aromatic heterocycles. The van der Waals surface area contributed by atoms with Crippen LogP contribution in [0.3, 0.4) is 0 Å². The number of nitrogens with two attached hydrogens (primary N) is 1. The molecule has 0 saturated carbocycles. The number of aromatic nitrogens is 1. The summed E-state index contributed by atoms with van der Waals surface area (Å²) < 4.78 is 14.4. The van der Waals surface area contributed by atoms with E-state index in [0.717, 1.165) is 5.00 Å². The fourth-order valence-electron chi connectivity index (χ4n) is 1.25. The Bertz CT molecular complexity index is 316. The molecule has 1 heterocycles. The van der Waals surface area contributed by atoms with E-state index >= 15 is 0 Å². The lowest BCUT2D eigenvalue weighted by atomic mass is 10.3. The largest absolute Gasteiger partial charge is 0.490 e. The molecule has 5 nitrogen and oxygen atoms in total. The van der Waals surface area contributed by atoms with Gasteiger partial charge in [-0.3, -0.25) is 0 Å². The predicted molar refractivity (Wildman–Crippen MR) is 62.8 cm³/mol.